The Hall–Kier alpha value is -1.17. The number of fused-ring (bicyclic) bond motifs is 1. The molecule has 1 N–H and O–H groups in total. The molecular weight excluding hydrogens is 372 g/mol. The van der Waals surface area contributed by atoms with Crippen molar-refractivity contribution in [2.24, 2.45) is 5.10 Å². The molecule has 0 atom stereocenters. The SMILES string of the molecule is C1=Cc2ccccc2NN=C1.[F][Sb-]([F])([F])([F])([F])[F]. The topological polar surface area (TPSA) is 24.4 Å². The quantitative estimate of drug-likeness (QED) is 0.529. The molecule has 0 saturated carbocycles. The molecule has 0 fully saturated rings. The third kappa shape index (κ3) is 8.92. The first-order valence-corrected chi connectivity index (χ1v) is 10.3. The molecule has 0 spiro atoms. The normalized spacial score (nSPS) is 17.2. The Morgan fingerprint density at radius 3 is 2.11 bits per heavy atom. The molecule has 102 valence electrons. The van der Waals surface area contributed by atoms with Gasteiger partial charge in [0.1, 0.15) is 0 Å². The van der Waals surface area contributed by atoms with Gasteiger partial charge < -0.3 is 0 Å². The second-order valence-electron chi connectivity index (χ2n) is 3.29. The van der Waals surface area contributed by atoms with Crippen molar-refractivity contribution in [3.8, 4) is 0 Å². The minimum absolute atomic E-state index is 1.05. The molecule has 1 aliphatic rings. The fraction of sp³-hybridized carbons (Fsp3) is 0. The Labute approximate surface area is 101 Å². The van der Waals surface area contributed by atoms with Gasteiger partial charge in [-0.2, -0.15) is 5.10 Å². The number of nitrogens with one attached hydrogen (secondary N) is 1. The van der Waals surface area contributed by atoms with E-state index in [1.807, 2.05) is 36.4 Å². The molecule has 1 heterocycles. The van der Waals surface area contributed by atoms with Gasteiger partial charge in [0.05, 0.1) is 5.69 Å². The third-order valence-electron chi connectivity index (χ3n) is 1.58. The first kappa shape index (κ1) is 14.9. The van der Waals surface area contributed by atoms with Crippen molar-refractivity contribution in [2.75, 3.05) is 5.43 Å². The van der Waals surface area contributed by atoms with E-state index in [0.717, 1.165) is 5.69 Å². The molecule has 18 heavy (non-hydrogen) atoms. The van der Waals surface area contributed by atoms with E-state index in [1.165, 1.54) is 5.56 Å². The van der Waals surface area contributed by atoms with Gasteiger partial charge in [-0.3, -0.25) is 5.43 Å². The Balaban J connectivity index is 0.000000203. The van der Waals surface area contributed by atoms with Gasteiger partial charge in [0.25, 0.3) is 0 Å². The van der Waals surface area contributed by atoms with Crippen LogP contribution < -0.4 is 5.43 Å². The Morgan fingerprint density at radius 1 is 0.944 bits per heavy atom. The Morgan fingerprint density at radius 2 is 1.50 bits per heavy atom. The van der Waals surface area contributed by atoms with Crippen molar-refractivity contribution in [3.63, 3.8) is 0 Å². The molecule has 0 amide bonds. The summed E-state index contributed by atoms with van der Waals surface area (Å²) in [5.74, 6) is 0. The average Bonchev–Trinajstić information content (AvgIpc) is 2.37. The van der Waals surface area contributed by atoms with Crippen molar-refractivity contribution in [2.45, 2.75) is 0 Å². The monoisotopic (exact) mass is 379 g/mol. The fourth-order valence-electron chi connectivity index (χ4n) is 1.04. The summed E-state index contributed by atoms with van der Waals surface area (Å²) in [6.07, 6.45) is 5.68. The molecule has 1 aromatic rings. The number of para-hydroxylation sites is 1. The first-order valence-electron chi connectivity index (χ1n) is 4.53. The van der Waals surface area contributed by atoms with E-state index in [0.29, 0.717) is 0 Å². The van der Waals surface area contributed by atoms with Crippen LogP contribution in [0.25, 0.3) is 6.08 Å². The van der Waals surface area contributed by atoms with Crippen LogP contribution in [0.2, 0.25) is 0 Å². The van der Waals surface area contributed by atoms with Crippen molar-refractivity contribution in [1.82, 2.24) is 0 Å². The van der Waals surface area contributed by atoms with Crippen LogP contribution in [0.1, 0.15) is 5.56 Å². The Bertz CT molecular complexity index is 479. The molecule has 0 saturated heterocycles. The summed E-state index contributed by atoms with van der Waals surface area (Å²) in [5, 5.41) is 3.95. The van der Waals surface area contributed by atoms with Gasteiger partial charge in [-0.25, -0.2) is 0 Å². The van der Waals surface area contributed by atoms with Crippen LogP contribution in [0.3, 0.4) is 0 Å². The van der Waals surface area contributed by atoms with Gasteiger partial charge in [0, 0.05) is 6.21 Å². The van der Waals surface area contributed by atoms with Gasteiger partial charge in [-0.1, -0.05) is 24.3 Å². The number of anilines is 1. The van der Waals surface area contributed by atoms with Crippen LogP contribution in [-0.4, -0.2) is 25.7 Å². The summed E-state index contributed by atoms with van der Waals surface area (Å²) in [4.78, 5) is 0. The predicted molar refractivity (Wildman–Crippen MR) is 60.0 cm³/mol. The van der Waals surface area contributed by atoms with Crippen LogP contribution in [0.5, 0.6) is 0 Å². The second kappa shape index (κ2) is 4.19. The van der Waals surface area contributed by atoms with E-state index in [-0.39, 0.29) is 0 Å². The number of rotatable bonds is 0. The Kier molecular flexibility index (Phi) is 3.46. The van der Waals surface area contributed by atoms with Gasteiger partial charge >= 0.3 is 36.4 Å². The van der Waals surface area contributed by atoms with Gasteiger partial charge in [-0.15, -0.1) is 0 Å². The average molecular weight is 380 g/mol. The van der Waals surface area contributed by atoms with E-state index in [2.05, 4.69) is 10.5 Å². The molecule has 0 aliphatic carbocycles. The third-order valence-corrected chi connectivity index (χ3v) is 1.58. The van der Waals surface area contributed by atoms with Gasteiger partial charge in [0.2, 0.25) is 0 Å². The standard InChI is InChI=1S/C9H8N2.6FH.Sb/c1-2-6-9-8(4-1)5-3-7-10-11-9;;;;;;;/h1-7,11H;6*1H;/q;;;;;;;+5/p-6. The molecule has 0 aromatic heterocycles. The number of hydrogen-bond acceptors (Lipinski definition) is 2. The van der Waals surface area contributed by atoms with E-state index in [4.69, 9.17) is 0 Å². The maximum atomic E-state index is 9.93. The van der Waals surface area contributed by atoms with Crippen LogP contribution in [0.15, 0.2) is 35.4 Å². The van der Waals surface area contributed by atoms with Crippen molar-refractivity contribution < 1.29 is 16.9 Å². The maximum absolute atomic E-state index is 11.2. The van der Waals surface area contributed by atoms with Crippen LogP contribution >= 0.6 is 0 Å². The summed E-state index contributed by atoms with van der Waals surface area (Å²) in [5.41, 5.74) is 5.16. The first-order chi connectivity index (χ1) is 7.92. The number of halogens is 6. The van der Waals surface area contributed by atoms with Crippen LogP contribution in [0, 0.1) is 0 Å². The fourth-order valence-corrected chi connectivity index (χ4v) is 1.04. The molecular formula is C9H8F6N2Sb-. The zero-order valence-electron chi connectivity index (χ0n) is 8.70. The van der Waals surface area contributed by atoms with E-state index in [9.17, 15) is 16.9 Å². The summed E-state index contributed by atoms with van der Waals surface area (Å²) in [7, 11) is 0. The molecule has 0 unspecified atom stereocenters. The number of hydrazone groups is 1. The molecule has 1 aliphatic heterocycles. The second-order valence-corrected chi connectivity index (χ2v) is 8.76. The van der Waals surface area contributed by atoms with Gasteiger partial charge in [-0.05, 0) is 17.7 Å². The summed E-state index contributed by atoms with van der Waals surface area (Å²) in [6.45, 7) is 0. The summed E-state index contributed by atoms with van der Waals surface area (Å²) in [6, 6.07) is 8.05. The minimum atomic E-state index is -11.2. The molecule has 9 heteroatoms. The van der Waals surface area contributed by atoms with E-state index in [1.54, 1.807) is 6.21 Å². The number of benzene rings is 1. The zero-order valence-corrected chi connectivity index (χ0v) is 11.3. The predicted octanol–water partition coefficient (Wildman–Crippen LogP) is 4.25. The van der Waals surface area contributed by atoms with Gasteiger partial charge in [0.15, 0.2) is 0 Å². The summed E-state index contributed by atoms with van der Waals surface area (Å²) < 4.78 is 59.6. The number of nitrogens with zero attached hydrogens (tertiary/aromatic N) is 1. The van der Waals surface area contributed by atoms with Crippen LogP contribution in [0.4, 0.5) is 22.6 Å². The molecule has 0 bridgehead atoms. The summed E-state index contributed by atoms with van der Waals surface area (Å²) >= 11 is -11.2. The molecule has 2 nitrogen and oxygen atoms in total. The van der Waals surface area contributed by atoms with Crippen molar-refractivity contribution in [1.29, 1.82) is 0 Å². The molecule has 0 radical (unpaired) electrons. The molecule has 2 rings (SSSR count). The van der Waals surface area contributed by atoms with Crippen LogP contribution in [-0.2, 0) is 0 Å². The van der Waals surface area contributed by atoms with Crippen molar-refractivity contribution in [3.05, 3.63) is 35.9 Å². The number of hydrogen-bond donors (Lipinski definition) is 1. The van der Waals surface area contributed by atoms with E-state index < -0.39 is 19.5 Å². The van der Waals surface area contributed by atoms with Crippen molar-refractivity contribution >= 4 is 37.5 Å². The van der Waals surface area contributed by atoms with E-state index >= 15 is 0 Å². The number of allylic oxidation sites excluding steroid dienone is 1. The zero-order chi connectivity index (χ0) is 13.9. The molecule has 1 aromatic carbocycles.